The third-order valence-electron chi connectivity index (χ3n) is 11.8. The number of likely N-dealkylation sites (tertiary alicyclic amines) is 2. The van der Waals surface area contributed by atoms with E-state index in [-0.39, 0.29) is 23.8 Å². The highest BCUT2D eigenvalue weighted by Crippen LogP contribution is 2.52. The molecule has 4 aromatic rings. The number of hydrogen-bond acceptors (Lipinski definition) is 6. The number of halogens is 1. The average Bonchev–Trinajstić information content (AvgIpc) is 3.62. The van der Waals surface area contributed by atoms with Gasteiger partial charge in [0.2, 0.25) is 12.3 Å². The summed E-state index contributed by atoms with van der Waals surface area (Å²) in [7, 11) is 0. The standard InChI is InChI=1S/C39H46FN7O2/c1-24(2)46-22-41-34-21-32(42-37(36(34)46)43-33-17-26(4)25(3)16-31(33)40)27-8-9-30-35(18-27)47(29-19-28(20-29)45-12-6-5-7-13-45)38(49)39(30)10-14-44(23-48)15-11-39/h8-9,16-18,21-24,28-29H,5-7,10-15,19-20H2,1-4H3,(H,42,43). The van der Waals surface area contributed by atoms with Crippen LogP contribution in [0.2, 0.25) is 0 Å². The number of piperidine rings is 2. The van der Waals surface area contributed by atoms with Crippen LogP contribution in [0, 0.1) is 19.7 Å². The van der Waals surface area contributed by atoms with Gasteiger partial charge >= 0.3 is 0 Å². The Morgan fingerprint density at radius 2 is 1.69 bits per heavy atom. The molecule has 256 valence electrons. The lowest BCUT2D eigenvalue weighted by atomic mass is 9.73. The minimum Gasteiger partial charge on any atom is -0.345 e. The van der Waals surface area contributed by atoms with Gasteiger partial charge in [0.1, 0.15) is 11.3 Å². The van der Waals surface area contributed by atoms with Gasteiger partial charge < -0.3 is 24.6 Å². The number of nitrogens with one attached hydrogen (secondary N) is 1. The second kappa shape index (κ2) is 12.2. The van der Waals surface area contributed by atoms with E-state index in [0.29, 0.717) is 49.2 Å². The van der Waals surface area contributed by atoms with E-state index in [1.165, 1.54) is 19.3 Å². The Morgan fingerprint density at radius 1 is 0.959 bits per heavy atom. The normalized spacial score (nSPS) is 22.2. The van der Waals surface area contributed by atoms with Crippen LogP contribution in [0.25, 0.3) is 22.3 Å². The molecule has 0 radical (unpaired) electrons. The predicted octanol–water partition coefficient (Wildman–Crippen LogP) is 7.03. The molecule has 49 heavy (non-hydrogen) atoms. The number of benzene rings is 2. The topological polar surface area (TPSA) is 86.6 Å². The number of imidazole rings is 1. The molecule has 3 fully saturated rings. The van der Waals surface area contributed by atoms with E-state index in [1.54, 1.807) is 11.0 Å². The van der Waals surface area contributed by atoms with Gasteiger partial charge in [-0.1, -0.05) is 18.6 Å². The molecule has 4 aliphatic rings. The van der Waals surface area contributed by atoms with Crippen LogP contribution in [0.5, 0.6) is 0 Å². The van der Waals surface area contributed by atoms with Gasteiger partial charge in [-0.2, -0.15) is 0 Å². The van der Waals surface area contributed by atoms with E-state index < -0.39 is 5.41 Å². The van der Waals surface area contributed by atoms with E-state index in [4.69, 9.17) is 9.97 Å². The number of fused-ring (bicyclic) bond motifs is 3. The Labute approximate surface area is 287 Å². The molecule has 1 N–H and O–H groups in total. The van der Waals surface area contributed by atoms with Crippen LogP contribution in [0.3, 0.4) is 0 Å². The van der Waals surface area contributed by atoms with Crippen LogP contribution in [0.15, 0.2) is 42.7 Å². The van der Waals surface area contributed by atoms with Crippen molar-refractivity contribution in [3.05, 3.63) is 65.2 Å². The van der Waals surface area contributed by atoms with Crippen LogP contribution in [-0.4, -0.2) is 74.9 Å². The molecule has 8 rings (SSSR count). The second-order valence-electron chi connectivity index (χ2n) is 15.0. The fourth-order valence-corrected chi connectivity index (χ4v) is 8.65. The maximum atomic E-state index is 15.3. The van der Waals surface area contributed by atoms with Crippen molar-refractivity contribution in [2.75, 3.05) is 36.4 Å². The van der Waals surface area contributed by atoms with Gasteiger partial charge in [0.05, 0.1) is 28.6 Å². The third kappa shape index (κ3) is 5.30. The summed E-state index contributed by atoms with van der Waals surface area (Å²) in [6, 6.07) is 12.5. The van der Waals surface area contributed by atoms with E-state index in [1.807, 2.05) is 32.3 Å². The third-order valence-corrected chi connectivity index (χ3v) is 11.8. The van der Waals surface area contributed by atoms with E-state index in [0.717, 1.165) is 71.3 Å². The Balaban J connectivity index is 1.20. The summed E-state index contributed by atoms with van der Waals surface area (Å²) in [5.74, 6) is 0.384. The highest BCUT2D eigenvalue weighted by molar-refractivity contribution is 6.09. The summed E-state index contributed by atoms with van der Waals surface area (Å²) < 4.78 is 17.3. The quantitative estimate of drug-likeness (QED) is 0.214. The molecule has 2 amide bonds. The molecule has 9 nitrogen and oxygen atoms in total. The molecule has 2 aromatic carbocycles. The Hall–Kier alpha value is -4.31. The molecular weight excluding hydrogens is 617 g/mol. The molecule has 0 unspecified atom stereocenters. The van der Waals surface area contributed by atoms with Crippen molar-refractivity contribution in [2.45, 2.75) is 96.2 Å². The molecule has 2 saturated heterocycles. The first-order valence-electron chi connectivity index (χ1n) is 18.0. The van der Waals surface area contributed by atoms with Crippen molar-refractivity contribution >= 4 is 40.5 Å². The molecule has 3 aliphatic heterocycles. The summed E-state index contributed by atoms with van der Waals surface area (Å²) in [6.45, 7) is 11.5. The van der Waals surface area contributed by atoms with Crippen molar-refractivity contribution in [2.24, 2.45) is 0 Å². The van der Waals surface area contributed by atoms with Gasteiger partial charge in [0.25, 0.3) is 0 Å². The average molecular weight is 664 g/mol. The van der Waals surface area contributed by atoms with Gasteiger partial charge in [0, 0.05) is 42.5 Å². The molecule has 2 aromatic heterocycles. The van der Waals surface area contributed by atoms with Crippen molar-refractivity contribution in [1.29, 1.82) is 0 Å². The molecule has 1 aliphatic carbocycles. The van der Waals surface area contributed by atoms with Gasteiger partial charge in [-0.25, -0.2) is 14.4 Å². The number of anilines is 3. The number of nitrogens with zero attached hydrogens (tertiary/aromatic N) is 6. The lowest BCUT2D eigenvalue weighted by Gasteiger charge is -2.48. The molecule has 0 atom stereocenters. The van der Waals surface area contributed by atoms with Crippen molar-refractivity contribution in [1.82, 2.24) is 24.3 Å². The fraction of sp³-hybridized carbons (Fsp3) is 0.487. The number of amides is 2. The molecule has 1 spiro atoms. The lowest BCUT2D eigenvalue weighted by Crippen LogP contribution is -2.58. The van der Waals surface area contributed by atoms with Crippen molar-refractivity contribution in [3.8, 4) is 11.3 Å². The minimum absolute atomic E-state index is 0.125. The zero-order valence-electron chi connectivity index (χ0n) is 29.0. The number of aryl methyl sites for hydroxylation is 2. The van der Waals surface area contributed by atoms with Crippen LogP contribution >= 0.6 is 0 Å². The van der Waals surface area contributed by atoms with Crippen molar-refractivity contribution < 1.29 is 14.0 Å². The Morgan fingerprint density at radius 3 is 2.41 bits per heavy atom. The summed E-state index contributed by atoms with van der Waals surface area (Å²) in [6.07, 6.45) is 9.76. The zero-order chi connectivity index (χ0) is 34.0. The van der Waals surface area contributed by atoms with Crippen LogP contribution in [-0.2, 0) is 15.0 Å². The maximum Gasteiger partial charge on any atom is 0.238 e. The van der Waals surface area contributed by atoms with Crippen LogP contribution < -0.4 is 10.2 Å². The fourth-order valence-electron chi connectivity index (χ4n) is 8.65. The number of carbonyl (C=O) groups excluding carboxylic acids is 2. The van der Waals surface area contributed by atoms with Gasteiger partial charge in [-0.05, 0) is 120 Å². The number of rotatable bonds is 7. The van der Waals surface area contributed by atoms with E-state index in [9.17, 15) is 9.59 Å². The van der Waals surface area contributed by atoms with Crippen LogP contribution in [0.4, 0.5) is 21.6 Å². The van der Waals surface area contributed by atoms with Crippen LogP contribution in [0.1, 0.15) is 81.5 Å². The number of carbonyl (C=O) groups is 2. The molecule has 10 heteroatoms. The largest absolute Gasteiger partial charge is 0.345 e. The molecule has 1 saturated carbocycles. The minimum atomic E-state index is -0.620. The van der Waals surface area contributed by atoms with E-state index in [2.05, 4.69) is 51.7 Å². The number of hydrogen-bond donors (Lipinski definition) is 1. The van der Waals surface area contributed by atoms with Crippen molar-refractivity contribution in [3.63, 3.8) is 0 Å². The molecule has 0 bridgehead atoms. The first kappa shape index (κ1) is 31.9. The SMILES string of the molecule is Cc1cc(F)c(Nc2nc(-c3ccc4c(c3)N(C3CC(N5CCCCC5)C3)C(=O)C43CCN(C=O)CC3)cc3ncn(C(C)C)c23)cc1C. The first-order valence-corrected chi connectivity index (χ1v) is 18.0. The predicted molar refractivity (Wildman–Crippen MR) is 191 cm³/mol. The van der Waals surface area contributed by atoms with Gasteiger partial charge in [-0.3, -0.25) is 9.59 Å². The lowest BCUT2D eigenvalue weighted by molar-refractivity contribution is -0.128. The number of pyridine rings is 1. The zero-order valence-corrected chi connectivity index (χ0v) is 29.0. The summed E-state index contributed by atoms with van der Waals surface area (Å²) in [5, 5.41) is 3.32. The maximum absolute atomic E-state index is 15.3. The highest BCUT2D eigenvalue weighted by atomic mass is 19.1. The monoisotopic (exact) mass is 663 g/mol. The Kier molecular flexibility index (Phi) is 7.97. The van der Waals surface area contributed by atoms with Gasteiger partial charge in [0.15, 0.2) is 5.82 Å². The molecular formula is C39H46FN7O2. The van der Waals surface area contributed by atoms with E-state index >= 15 is 4.39 Å². The smallest absolute Gasteiger partial charge is 0.238 e. The highest BCUT2D eigenvalue weighted by Gasteiger charge is 2.55. The first-order chi connectivity index (χ1) is 23.7. The second-order valence-corrected chi connectivity index (χ2v) is 15.0. The molecule has 5 heterocycles. The summed E-state index contributed by atoms with van der Waals surface area (Å²) in [4.78, 5) is 42.6. The summed E-state index contributed by atoms with van der Waals surface area (Å²) in [5.41, 5.74) is 6.83. The number of aromatic nitrogens is 3. The van der Waals surface area contributed by atoms with Gasteiger partial charge in [-0.15, -0.1) is 0 Å². The summed E-state index contributed by atoms with van der Waals surface area (Å²) >= 11 is 0. The Bertz CT molecular complexity index is 1930.